The third-order valence-electron chi connectivity index (χ3n) is 4.61. The smallest absolute Gasteiger partial charge is 0.305 e. The summed E-state index contributed by atoms with van der Waals surface area (Å²) in [6, 6.07) is 0. The number of rotatable bonds is 19. The molecule has 0 rings (SSSR count). The van der Waals surface area contributed by atoms with E-state index in [0.717, 1.165) is 19.3 Å². The number of carbonyl (C=O) groups is 1. The molecule has 0 heterocycles. The molecular formula is C23H44O2. The lowest BCUT2D eigenvalue weighted by atomic mass is 10.1. The van der Waals surface area contributed by atoms with E-state index in [1.165, 1.54) is 83.5 Å². The van der Waals surface area contributed by atoms with Gasteiger partial charge in [-0.25, -0.2) is 0 Å². The topological polar surface area (TPSA) is 26.3 Å². The summed E-state index contributed by atoms with van der Waals surface area (Å²) in [7, 11) is 0. The van der Waals surface area contributed by atoms with Crippen molar-refractivity contribution in [3.8, 4) is 0 Å². The van der Waals surface area contributed by atoms with Crippen molar-refractivity contribution in [2.45, 2.75) is 123 Å². The van der Waals surface area contributed by atoms with E-state index in [-0.39, 0.29) is 5.97 Å². The molecular weight excluding hydrogens is 308 g/mol. The fourth-order valence-corrected chi connectivity index (χ4v) is 2.98. The third-order valence-corrected chi connectivity index (χ3v) is 4.61. The largest absolute Gasteiger partial charge is 0.466 e. The Bertz CT molecular complexity index is 296. The van der Waals surface area contributed by atoms with Gasteiger partial charge in [-0.3, -0.25) is 4.79 Å². The van der Waals surface area contributed by atoms with Crippen LogP contribution in [0.5, 0.6) is 0 Å². The monoisotopic (exact) mass is 352 g/mol. The van der Waals surface area contributed by atoms with Gasteiger partial charge in [-0.1, -0.05) is 90.2 Å². The van der Waals surface area contributed by atoms with E-state index < -0.39 is 0 Å². The first-order valence-corrected chi connectivity index (χ1v) is 11.1. The quantitative estimate of drug-likeness (QED) is 0.135. The Balaban J connectivity index is 3.14. The van der Waals surface area contributed by atoms with Crippen molar-refractivity contribution in [2.75, 3.05) is 6.61 Å². The lowest BCUT2D eigenvalue weighted by Gasteiger charge is -2.03. The molecule has 0 atom stereocenters. The van der Waals surface area contributed by atoms with Gasteiger partial charge < -0.3 is 4.74 Å². The minimum Gasteiger partial charge on any atom is -0.466 e. The predicted octanol–water partition coefficient (Wildman–Crippen LogP) is 7.76. The minimum atomic E-state index is -0.0225. The zero-order valence-electron chi connectivity index (χ0n) is 17.2. The Kier molecular flexibility index (Phi) is 20.6. The maximum absolute atomic E-state index is 11.3. The summed E-state index contributed by atoms with van der Waals surface area (Å²) in [5, 5.41) is 0. The molecule has 0 aromatic rings. The standard InChI is InChI=1S/C23H44O2/c1-3-5-6-7-8-9-10-11-12-13-14-15-16-17-18-19-20-21-23(24)25-22-4-2/h13-14H,3-12,15-22H2,1-2H3/b14-13-. The second-order valence-electron chi connectivity index (χ2n) is 7.26. The zero-order chi connectivity index (χ0) is 18.4. The van der Waals surface area contributed by atoms with E-state index in [2.05, 4.69) is 19.1 Å². The van der Waals surface area contributed by atoms with Crippen molar-refractivity contribution in [1.82, 2.24) is 0 Å². The number of unbranched alkanes of at least 4 members (excludes halogenated alkanes) is 13. The van der Waals surface area contributed by atoms with Crippen LogP contribution in [0.4, 0.5) is 0 Å². The number of esters is 1. The van der Waals surface area contributed by atoms with E-state index >= 15 is 0 Å². The van der Waals surface area contributed by atoms with Gasteiger partial charge in [-0.2, -0.15) is 0 Å². The van der Waals surface area contributed by atoms with Crippen LogP contribution in [0, 0.1) is 0 Å². The Labute approximate surface area is 157 Å². The van der Waals surface area contributed by atoms with Crippen molar-refractivity contribution in [3.05, 3.63) is 12.2 Å². The predicted molar refractivity (Wildman–Crippen MR) is 110 cm³/mol. The van der Waals surface area contributed by atoms with Crippen LogP contribution in [0.15, 0.2) is 12.2 Å². The number of hydrogen-bond acceptors (Lipinski definition) is 2. The second kappa shape index (κ2) is 21.3. The van der Waals surface area contributed by atoms with Crippen molar-refractivity contribution in [2.24, 2.45) is 0 Å². The van der Waals surface area contributed by atoms with Gasteiger partial charge in [0, 0.05) is 6.42 Å². The average Bonchev–Trinajstić information content (AvgIpc) is 2.62. The van der Waals surface area contributed by atoms with Gasteiger partial charge in [0.15, 0.2) is 0 Å². The molecule has 25 heavy (non-hydrogen) atoms. The Morgan fingerprint density at radius 1 is 0.640 bits per heavy atom. The summed E-state index contributed by atoms with van der Waals surface area (Å²) in [6.45, 7) is 4.88. The molecule has 0 aliphatic carbocycles. The van der Waals surface area contributed by atoms with Crippen LogP contribution in [0.3, 0.4) is 0 Å². The molecule has 0 N–H and O–H groups in total. The molecule has 0 bridgehead atoms. The highest BCUT2D eigenvalue weighted by molar-refractivity contribution is 5.69. The number of hydrogen-bond donors (Lipinski definition) is 0. The van der Waals surface area contributed by atoms with Crippen LogP contribution >= 0.6 is 0 Å². The van der Waals surface area contributed by atoms with Gasteiger partial charge in [0.1, 0.15) is 0 Å². The molecule has 2 heteroatoms. The summed E-state index contributed by atoms with van der Waals surface area (Å²) < 4.78 is 5.07. The van der Waals surface area contributed by atoms with Gasteiger partial charge in [-0.05, 0) is 38.5 Å². The maximum atomic E-state index is 11.3. The SMILES string of the molecule is CCCCCCCCCC/C=C\CCCCCCCC(=O)OCCC. The van der Waals surface area contributed by atoms with Gasteiger partial charge in [0.05, 0.1) is 6.61 Å². The molecule has 0 fully saturated rings. The minimum absolute atomic E-state index is 0.0225. The molecule has 0 radical (unpaired) electrons. The average molecular weight is 353 g/mol. The molecule has 0 unspecified atom stereocenters. The molecule has 0 amide bonds. The van der Waals surface area contributed by atoms with Gasteiger partial charge in [-0.15, -0.1) is 0 Å². The highest BCUT2D eigenvalue weighted by atomic mass is 16.5. The molecule has 0 aliphatic heterocycles. The van der Waals surface area contributed by atoms with Gasteiger partial charge in [0.25, 0.3) is 0 Å². The van der Waals surface area contributed by atoms with E-state index in [1.54, 1.807) is 0 Å². The fraction of sp³-hybridized carbons (Fsp3) is 0.870. The second-order valence-corrected chi connectivity index (χ2v) is 7.26. The van der Waals surface area contributed by atoms with Crippen LogP contribution in [-0.2, 0) is 9.53 Å². The first-order chi connectivity index (χ1) is 12.3. The van der Waals surface area contributed by atoms with E-state index in [1.807, 2.05) is 6.92 Å². The van der Waals surface area contributed by atoms with E-state index in [4.69, 9.17) is 4.74 Å². The number of ether oxygens (including phenoxy) is 1. The normalized spacial score (nSPS) is 11.3. The summed E-state index contributed by atoms with van der Waals surface area (Å²) in [5.74, 6) is -0.0225. The highest BCUT2D eigenvalue weighted by Crippen LogP contribution is 2.11. The van der Waals surface area contributed by atoms with Crippen molar-refractivity contribution in [1.29, 1.82) is 0 Å². The third kappa shape index (κ3) is 21.2. The highest BCUT2D eigenvalue weighted by Gasteiger charge is 2.01. The van der Waals surface area contributed by atoms with E-state index in [9.17, 15) is 4.79 Å². The first kappa shape index (κ1) is 24.2. The maximum Gasteiger partial charge on any atom is 0.305 e. The van der Waals surface area contributed by atoms with Gasteiger partial charge in [0.2, 0.25) is 0 Å². The summed E-state index contributed by atoms with van der Waals surface area (Å²) in [4.78, 5) is 11.3. The molecule has 0 spiro atoms. The molecule has 0 aromatic carbocycles. The number of allylic oxidation sites excluding steroid dienone is 2. The summed E-state index contributed by atoms with van der Waals surface area (Å²) in [6.07, 6.45) is 25.9. The first-order valence-electron chi connectivity index (χ1n) is 11.1. The van der Waals surface area contributed by atoms with Crippen LogP contribution in [0.1, 0.15) is 123 Å². The molecule has 148 valence electrons. The lowest BCUT2D eigenvalue weighted by molar-refractivity contribution is -0.143. The summed E-state index contributed by atoms with van der Waals surface area (Å²) in [5.41, 5.74) is 0. The fourth-order valence-electron chi connectivity index (χ4n) is 2.98. The Morgan fingerprint density at radius 2 is 1.12 bits per heavy atom. The van der Waals surface area contributed by atoms with Crippen LogP contribution in [-0.4, -0.2) is 12.6 Å². The molecule has 0 saturated carbocycles. The van der Waals surface area contributed by atoms with Crippen LogP contribution < -0.4 is 0 Å². The zero-order valence-corrected chi connectivity index (χ0v) is 17.2. The van der Waals surface area contributed by atoms with Crippen LogP contribution in [0.2, 0.25) is 0 Å². The Morgan fingerprint density at radius 3 is 1.64 bits per heavy atom. The van der Waals surface area contributed by atoms with Crippen molar-refractivity contribution < 1.29 is 9.53 Å². The van der Waals surface area contributed by atoms with E-state index in [0.29, 0.717) is 13.0 Å². The molecule has 0 aliphatic rings. The molecule has 2 nitrogen and oxygen atoms in total. The number of carbonyl (C=O) groups excluding carboxylic acids is 1. The molecule has 0 saturated heterocycles. The van der Waals surface area contributed by atoms with Crippen molar-refractivity contribution in [3.63, 3.8) is 0 Å². The summed E-state index contributed by atoms with van der Waals surface area (Å²) >= 11 is 0. The van der Waals surface area contributed by atoms with Crippen molar-refractivity contribution >= 4 is 5.97 Å². The van der Waals surface area contributed by atoms with Gasteiger partial charge >= 0.3 is 5.97 Å². The molecule has 0 aromatic heterocycles. The van der Waals surface area contributed by atoms with Crippen LogP contribution in [0.25, 0.3) is 0 Å². The Hall–Kier alpha value is -0.790. The lowest BCUT2D eigenvalue weighted by Crippen LogP contribution is -2.04.